The zero-order valence-electron chi connectivity index (χ0n) is 6.38. The Bertz CT molecular complexity index is 292. The van der Waals surface area contributed by atoms with Crippen LogP contribution < -0.4 is 0 Å². The molecule has 0 saturated carbocycles. The van der Waals surface area contributed by atoms with Gasteiger partial charge in [0.2, 0.25) is 0 Å². The van der Waals surface area contributed by atoms with Gasteiger partial charge >= 0.3 is 0 Å². The number of hydrogen-bond donors (Lipinski definition) is 0. The summed E-state index contributed by atoms with van der Waals surface area (Å²) in [6, 6.07) is 0. The molecule has 0 saturated heterocycles. The Kier molecular flexibility index (Phi) is 2.48. The van der Waals surface area contributed by atoms with E-state index in [-0.39, 0.29) is 0 Å². The van der Waals surface area contributed by atoms with Crippen LogP contribution in [-0.2, 0) is 0 Å². The molecule has 1 aliphatic rings. The molecule has 0 spiro atoms. The summed E-state index contributed by atoms with van der Waals surface area (Å²) in [6.45, 7) is 7.44. The molecule has 0 nitrogen and oxygen atoms in total. The normalized spacial score (nSPS) is 14.0. The van der Waals surface area contributed by atoms with Gasteiger partial charge in [-0.2, -0.15) is 0 Å². The predicted molar refractivity (Wildman–Crippen MR) is 49.2 cm³/mol. The monoisotopic (exact) mass is 142 g/mol. The van der Waals surface area contributed by atoms with Crippen molar-refractivity contribution in [2.75, 3.05) is 0 Å². The molecule has 0 radical (unpaired) electrons. The molecule has 1 rings (SSSR count). The average molecular weight is 142 g/mol. The van der Waals surface area contributed by atoms with Crippen LogP contribution in [0.3, 0.4) is 0 Å². The first-order chi connectivity index (χ1) is 5.34. The summed E-state index contributed by atoms with van der Waals surface area (Å²) in [7, 11) is 0. The molecule has 0 heterocycles. The smallest absolute Gasteiger partial charge is 0.0231 e. The third kappa shape index (κ3) is 1.96. The number of hydrogen-bond acceptors (Lipinski definition) is 0. The molecule has 0 aliphatic heterocycles. The minimum absolute atomic E-state index is 0.968. The number of allylic oxidation sites excluding steroid dienone is 7. The standard InChI is InChI=1S/C11H10/c1-3-4-7-10(2)11-8-5-6-9-11/h3-8H,1-2H2/b7-4-. The van der Waals surface area contributed by atoms with Gasteiger partial charge in [-0.15, -0.1) is 5.73 Å². The SMILES string of the molecule is C=C/C=C\C(=C)C1=C=CC=C1. The van der Waals surface area contributed by atoms with E-state index in [2.05, 4.69) is 18.9 Å². The highest BCUT2D eigenvalue weighted by atomic mass is 14.0. The highest BCUT2D eigenvalue weighted by Crippen LogP contribution is 2.12. The lowest BCUT2D eigenvalue weighted by Gasteiger charge is -1.92. The zero-order valence-corrected chi connectivity index (χ0v) is 6.38. The molecule has 0 aromatic carbocycles. The second kappa shape index (κ2) is 3.60. The molecule has 0 unspecified atom stereocenters. The van der Waals surface area contributed by atoms with Gasteiger partial charge in [-0.1, -0.05) is 37.5 Å². The van der Waals surface area contributed by atoms with E-state index in [9.17, 15) is 0 Å². The van der Waals surface area contributed by atoms with Crippen molar-refractivity contribution in [3.8, 4) is 0 Å². The lowest BCUT2D eigenvalue weighted by atomic mass is 10.1. The van der Waals surface area contributed by atoms with Gasteiger partial charge in [-0.05, 0) is 17.7 Å². The van der Waals surface area contributed by atoms with Crippen LogP contribution in [0.1, 0.15) is 0 Å². The summed E-state index contributed by atoms with van der Waals surface area (Å²) in [5, 5.41) is 0. The Morgan fingerprint density at radius 3 is 2.91 bits per heavy atom. The van der Waals surface area contributed by atoms with Crippen molar-refractivity contribution >= 4 is 0 Å². The molecule has 0 bridgehead atoms. The Morgan fingerprint density at radius 1 is 1.55 bits per heavy atom. The van der Waals surface area contributed by atoms with Gasteiger partial charge in [0.05, 0.1) is 0 Å². The van der Waals surface area contributed by atoms with Crippen molar-refractivity contribution in [2.24, 2.45) is 0 Å². The Labute approximate surface area is 67.2 Å². The summed E-state index contributed by atoms with van der Waals surface area (Å²) < 4.78 is 0. The van der Waals surface area contributed by atoms with Gasteiger partial charge in [0, 0.05) is 5.57 Å². The molecule has 0 atom stereocenters. The molecule has 0 aromatic heterocycles. The quantitative estimate of drug-likeness (QED) is 0.420. The van der Waals surface area contributed by atoms with Gasteiger partial charge in [-0.3, -0.25) is 0 Å². The van der Waals surface area contributed by atoms with E-state index in [0.29, 0.717) is 0 Å². The van der Waals surface area contributed by atoms with Crippen molar-refractivity contribution in [1.82, 2.24) is 0 Å². The van der Waals surface area contributed by atoms with E-state index in [4.69, 9.17) is 0 Å². The van der Waals surface area contributed by atoms with Gasteiger partial charge in [0.25, 0.3) is 0 Å². The third-order valence-electron chi connectivity index (χ3n) is 1.38. The molecule has 0 amide bonds. The molecule has 0 aromatic rings. The summed E-state index contributed by atoms with van der Waals surface area (Å²) in [5.74, 6) is 0. The summed E-state index contributed by atoms with van der Waals surface area (Å²) in [4.78, 5) is 0. The zero-order chi connectivity index (χ0) is 8.10. The van der Waals surface area contributed by atoms with Crippen LogP contribution in [0, 0.1) is 0 Å². The summed E-state index contributed by atoms with van der Waals surface area (Å²) in [6.07, 6.45) is 11.3. The molecule has 11 heavy (non-hydrogen) atoms. The van der Waals surface area contributed by atoms with E-state index in [0.717, 1.165) is 11.1 Å². The second-order valence-corrected chi connectivity index (χ2v) is 2.20. The largest absolute Gasteiger partial charge is 0.112 e. The van der Waals surface area contributed by atoms with E-state index < -0.39 is 0 Å². The fourth-order valence-electron chi connectivity index (χ4n) is 0.804. The first-order valence-electron chi connectivity index (χ1n) is 3.46. The molecule has 0 fully saturated rings. The summed E-state index contributed by atoms with van der Waals surface area (Å²) in [5.41, 5.74) is 5.07. The predicted octanol–water partition coefficient (Wildman–Crippen LogP) is 2.94. The maximum atomic E-state index is 3.87. The van der Waals surface area contributed by atoms with Gasteiger partial charge in [0.1, 0.15) is 0 Å². The molecular weight excluding hydrogens is 132 g/mol. The topological polar surface area (TPSA) is 0 Å². The van der Waals surface area contributed by atoms with Crippen LogP contribution in [-0.4, -0.2) is 0 Å². The van der Waals surface area contributed by atoms with E-state index in [1.807, 2.05) is 30.4 Å². The third-order valence-corrected chi connectivity index (χ3v) is 1.38. The second-order valence-electron chi connectivity index (χ2n) is 2.20. The van der Waals surface area contributed by atoms with Crippen molar-refractivity contribution in [2.45, 2.75) is 0 Å². The van der Waals surface area contributed by atoms with Crippen molar-refractivity contribution in [3.05, 3.63) is 66.5 Å². The highest BCUT2D eigenvalue weighted by molar-refractivity contribution is 5.48. The van der Waals surface area contributed by atoms with Gasteiger partial charge in [-0.25, -0.2) is 0 Å². The van der Waals surface area contributed by atoms with Crippen molar-refractivity contribution in [3.63, 3.8) is 0 Å². The highest BCUT2D eigenvalue weighted by Gasteiger charge is 1.94. The van der Waals surface area contributed by atoms with Gasteiger partial charge < -0.3 is 0 Å². The van der Waals surface area contributed by atoms with E-state index in [1.165, 1.54) is 0 Å². The molecule has 0 heteroatoms. The number of rotatable bonds is 3. The van der Waals surface area contributed by atoms with E-state index >= 15 is 0 Å². The Balaban J connectivity index is 2.70. The lowest BCUT2D eigenvalue weighted by Crippen LogP contribution is -1.74. The van der Waals surface area contributed by atoms with Crippen molar-refractivity contribution < 1.29 is 0 Å². The molecular formula is C11H10. The average Bonchev–Trinajstić information content (AvgIpc) is 2.52. The lowest BCUT2D eigenvalue weighted by molar-refractivity contribution is 1.61. The van der Waals surface area contributed by atoms with Crippen LogP contribution in [0.15, 0.2) is 66.5 Å². The first-order valence-corrected chi connectivity index (χ1v) is 3.46. The Morgan fingerprint density at radius 2 is 2.36 bits per heavy atom. The van der Waals surface area contributed by atoms with E-state index in [1.54, 1.807) is 6.08 Å². The van der Waals surface area contributed by atoms with Crippen LogP contribution in [0.5, 0.6) is 0 Å². The van der Waals surface area contributed by atoms with Crippen LogP contribution >= 0.6 is 0 Å². The fraction of sp³-hybridized carbons (Fsp3) is 0. The molecule has 1 aliphatic carbocycles. The minimum Gasteiger partial charge on any atom is -0.112 e. The fourth-order valence-corrected chi connectivity index (χ4v) is 0.804. The Hall–Kier alpha value is -1.52. The summed E-state index contributed by atoms with van der Waals surface area (Å²) >= 11 is 0. The van der Waals surface area contributed by atoms with Crippen LogP contribution in [0.25, 0.3) is 0 Å². The van der Waals surface area contributed by atoms with Crippen molar-refractivity contribution in [1.29, 1.82) is 0 Å². The molecule has 0 N–H and O–H groups in total. The maximum Gasteiger partial charge on any atom is 0.0231 e. The minimum atomic E-state index is 0.968. The first kappa shape index (κ1) is 7.59. The molecule has 54 valence electrons. The van der Waals surface area contributed by atoms with Crippen LogP contribution in [0.2, 0.25) is 0 Å². The maximum absolute atomic E-state index is 3.87. The van der Waals surface area contributed by atoms with Crippen LogP contribution in [0.4, 0.5) is 0 Å². The van der Waals surface area contributed by atoms with Gasteiger partial charge in [0.15, 0.2) is 0 Å².